The number of aromatic nitrogens is 2. The maximum absolute atomic E-state index is 13.3. The van der Waals surface area contributed by atoms with Crippen LogP contribution in [-0.4, -0.2) is 22.4 Å². The zero-order chi connectivity index (χ0) is 17.1. The Morgan fingerprint density at radius 1 is 1.12 bits per heavy atom. The molecule has 4 nitrogen and oxygen atoms in total. The van der Waals surface area contributed by atoms with Gasteiger partial charge in [-0.1, -0.05) is 18.2 Å². The van der Waals surface area contributed by atoms with Gasteiger partial charge in [0.1, 0.15) is 11.4 Å². The molecule has 0 saturated carbocycles. The van der Waals surface area contributed by atoms with Crippen molar-refractivity contribution in [1.82, 2.24) is 9.78 Å². The van der Waals surface area contributed by atoms with E-state index >= 15 is 0 Å². The van der Waals surface area contributed by atoms with Gasteiger partial charge < -0.3 is 4.74 Å². The van der Waals surface area contributed by atoms with Gasteiger partial charge in [-0.15, -0.1) is 0 Å². The Morgan fingerprint density at radius 2 is 1.79 bits per heavy atom. The monoisotopic (exact) mass is 324 g/mol. The fraction of sp³-hybridized carbons (Fsp3) is 0.158. The number of hydrogen-bond donors (Lipinski definition) is 0. The van der Waals surface area contributed by atoms with Crippen LogP contribution in [0, 0.1) is 12.7 Å². The van der Waals surface area contributed by atoms with Crippen molar-refractivity contribution in [2.24, 2.45) is 0 Å². The third kappa shape index (κ3) is 2.93. The second-order valence-electron chi connectivity index (χ2n) is 5.28. The second kappa shape index (κ2) is 6.66. The summed E-state index contributed by atoms with van der Waals surface area (Å²) in [7, 11) is 0. The van der Waals surface area contributed by atoms with Gasteiger partial charge in [-0.3, -0.25) is 0 Å². The molecule has 24 heavy (non-hydrogen) atoms. The number of para-hydroxylation sites is 1. The van der Waals surface area contributed by atoms with Crippen molar-refractivity contribution in [3.63, 3.8) is 0 Å². The summed E-state index contributed by atoms with van der Waals surface area (Å²) in [6.45, 7) is 3.79. The topological polar surface area (TPSA) is 44.1 Å². The first-order chi connectivity index (χ1) is 11.6. The largest absolute Gasteiger partial charge is 0.462 e. The van der Waals surface area contributed by atoms with Crippen molar-refractivity contribution in [2.75, 3.05) is 6.61 Å². The number of esters is 1. The van der Waals surface area contributed by atoms with Crippen LogP contribution in [0.1, 0.15) is 23.0 Å². The number of nitrogens with zero attached hydrogens (tertiary/aromatic N) is 2. The molecule has 0 saturated heterocycles. The molecule has 5 heteroatoms. The summed E-state index contributed by atoms with van der Waals surface area (Å²) in [4.78, 5) is 12.4. The van der Waals surface area contributed by atoms with Gasteiger partial charge in [-0.05, 0) is 50.2 Å². The van der Waals surface area contributed by atoms with Crippen LogP contribution in [0.3, 0.4) is 0 Å². The minimum atomic E-state index is -0.434. The van der Waals surface area contributed by atoms with Crippen molar-refractivity contribution < 1.29 is 13.9 Å². The van der Waals surface area contributed by atoms with Crippen LogP contribution in [0.5, 0.6) is 0 Å². The molecular weight excluding hydrogens is 307 g/mol. The van der Waals surface area contributed by atoms with E-state index in [1.807, 2.05) is 30.3 Å². The van der Waals surface area contributed by atoms with Crippen molar-refractivity contribution >= 4 is 5.97 Å². The van der Waals surface area contributed by atoms with Gasteiger partial charge in [0.2, 0.25) is 0 Å². The molecule has 1 heterocycles. The Hall–Kier alpha value is -2.95. The standard InChI is InChI=1S/C19H17FN2O2/c1-3-24-19(23)17-13(2)21-22(16-7-5-4-6-8-16)18(17)14-9-11-15(20)12-10-14/h4-12H,3H2,1-2H3. The van der Waals surface area contributed by atoms with Crippen LogP contribution in [0.15, 0.2) is 54.6 Å². The molecule has 3 aromatic rings. The molecule has 0 radical (unpaired) electrons. The zero-order valence-corrected chi connectivity index (χ0v) is 13.5. The van der Waals surface area contributed by atoms with E-state index < -0.39 is 5.97 Å². The van der Waals surface area contributed by atoms with Crippen LogP contribution in [-0.2, 0) is 4.74 Å². The van der Waals surface area contributed by atoms with Crippen molar-refractivity contribution in [3.05, 3.63) is 71.7 Å². The summed E-state index contributed by atoms with van der Waals surface area (Å²) in [5.41, 5.74) is 3.07. The average molecular weight is 324 g/mol. The molecule has 1 aromatic heterocycles. The van der Waals surface area contributed by atoms with E-state index in [1.54, 1.807) is 30.7 Å². The lowest BCUT2D eigenvalue weighted by molar-refractivity contribution is 0.0526. The average Bonchev–Trinajstić information content (AvgIpc) is 2.94. The highest BCUT2D eigenvalue weighted by molar-refractivity contribution is 5.98. The summed E-state index contributed by atoms with van der Waals surface area (Å²) in [5, 5.41) is 4.51. The number of rotatable bonds is 4. The molecule has 0 aliphatic heterocycles. The predicted octanol–water partition coefficient (Wildman–Crippen LogP) is 4.16. The van der Waals surface area contributed by atoms with Crippen LogP contribution in [0.2, 0.25) is 0 Å². The second-order valence-corrected chi connectivity index (χ2v) is 5.28. The Morgan fingerprint density at radius 3 is 2.42 bits per heavy atom. The predicted molar refractivity (Wildman–Crippen MR) is 89.7 cm³/mol. The summed E-state index contributed by atoms with van der Waals surface area (Å²) in [5.74, 6) is -0.768. The summed E-state index contributed by atoms with van der Waals surface area (Å²) < 4.78 is 20.2. The summed E-state index contributed by atoms with van der Waals surface area (Å²) in [6.07, 6.45) is 0. The first kappa shape index (κ1) is 15.9. The van der Waals surface area contributed by atoms with Crippen LogP contribution in [0.4, 0.5) is 4.39 Å². The van der Waals surface area contributed by atoms with Crippen LogP contribution >= 0.6 is 0 Å². The third-order valence-corrected chi connectivity index (χ3v) is 3.66. The van der Waals surface area contributed by atoms with Crippen molar-refractivity contribution in [2.45, 2.75) is 13.8 Å². The lowest BCUT2D eigenvalue weighted by atomic mass is 10.1. The Bertz CT molecular complexity index is 855. The molecule has 0 spiro atoms. The van der Waals surface area contributed by atoms with E-state index in [1.165, 1.54) is 12.1 Å². The van der Waals surface area contributed by atoms with E-state index in [9.17, 15) is 9.18 Å². The Kier molecular flexibility index (Phi) is 4.42. The quantitative estimate of drug-likeness (QED) is 0.677. The lowest BCUT2D eigenvalue weighted by Crippen LogP contribution is -2.08. The molecular formula is C19H17FN2O2. The molecule has 122 valence electrons. The van der Waals surface area contributed by atoms with E-state index in [0.717, 1.165) is 5.69 Å². The molecule has 0 unspecified atom stereocenters. The highest BCUT2D eigenvalue weighted by Crippen LogP contribution is 2.30. The van der Waals surface area contributed by atoms with E-state index in [4.69, 9.17) is 4.74 Å². The van der Waals surface area contributed by atoms with Gasteiger partial charge in [0.25, 0.3) is 0 Å². The zero-order valence-electron chi connectivity index (χ0n) is 13.5. The number of carbonyl (C=O) groups is 1. The molecule has 0 atom stereocenters. The van der Waals surface area contributed by atoms with E-state index in [-0.39, 0.29) is 12.4 Å². The normalized spacial score (nSPS) is 10.6. The van der Waals surface area contributed by atoms with E-state index in [2.05, 4.69) is 5.10 Å². The highest BCUT2D eigenvalue weighted by Gasteiger charge is 2.24. The fourth-order valence-electron chi connectivity index (χ4n) is 2.61. The molecule has 2 aromatic carbocycles. The smallest absolute Gasteiger partial charge is 0.342 e. The molecule has 0 aliphatic rings. The number of benzene rings is 2. The highest BCUT2D eigenvalue weighted by atomic mass is 19.1. The lowest BCUT2D eigenvalue weighted by Gasteiger charge is -2.10. The third-order valence-electron chi connectivity index (χ3n) is 3.66. The molecule has 0 bridgehead atoms. The van der Waals surface area contributed by atoms with Crippen molar-refractivity contribution in [3.8, 4) is 16.9 Å². The van der Waals surface area contributed by atoms with Gasteiger partial charge >= 0.3 is 5.97 Å². The minimum Gasteiger partial charge on any atom is -0.462 e. The first-order valence-electron chi connectivity index (χ1n) is 7.70. The maximum Gasteiger partial charge on any atom is 0.342 e. The number of halogens is 1. The Labute approximate surface area is 139 Å². The summed E-state index contributed by atoms with van der Waals surface area (Å²) in [6, 6.07) is 15.5. The van der Waals surface area contributed by atoms with Gasteiger partial charge in [0.05, 0.1) is 23.7 Å². The van der Waals surface area contributed by atoms with Crippen molar-refractivity contribution in [1.29, 1.82) is 0 Å². The molecule has 0 N–H and O–H groups in total. The summed E-state index contributed by atoms with van der Waals surface area (Å²) >= 11 is 0. The molecule has 0 fully saturated rings. The number of hydrogen-bond acceptors (Lipinski definition) is 3. The van der Waals surface area contributed by atoms with Gasteiger partial charge in [0.15, 0.2) is 0 Å². The van der Waals surface area contributed by atoms with Gasteiger partial charge in [0, 0.05) is 5.56 Å². The SMILES string of the molecule is CCOC(=O)c1c(C)nn(-c2ccccc2)c1-c1ccc(F)cc1. The van der Waals surface area contributed by atoms with Gasteiger partial charge in [-0.2, -0.15) is 5.10 Å². The molecule has 0 amide bonds. The Balaban J connectivity index is 2.25. The minimum absolute atomic E-state index is 0.275. The van der Waals surface area contributed by atoms with Crippen LogP contribution < -0.4 is 0 Å². The van der Waals surface area contributed by atoms with Crippen LogP contribution in [0.25, 0.3) is 16.9 Å². The van der Waals surface area contributed by atoms with Gasteiger partial charge in [-0.25, -0.2) is 13.9 Å². The molecule has 3 rings (SSSR count). The number of carbonyl (C=O) groups excluding carboxylic acids is 1. The van der Waals surface area contributed by atoms with E-state index in [0.29, 0.717) is 22.5 Å². The molecule has 0 aliphatic carbocycles. The number of aryl methyl sites for hydroxylation is 1. The fourth-order valence-corrected chi connectivity index (χ4v) is 2.61. The number of ether oxygens (including phenoxy) is 1. The maximum atomic E-state index is 13.3. The first-order valence-corrected chi connectivity index (χ1v) is 7.70.